The van der Waals surface area contributed by atoms with Gasteiger partial charge in [0.05, 0.1) is 13.2 Å². The summed E-state index contributed by atoms with van der Waals surface area (Å²) in [5, 5.41) is 6.75. The van der Waals surface area contributed by atoms with Gasteiger partial charge < -0.3 is 20.1 Å². The summed E-state index contributed by atoms with van der Waals surface area (Å²) in [5.41, 5.74) is 4.82. The Balaban J connectivity index is 1.54. The van der Waals surface area contributed by atoms with E-state index in [9.17, 15) is 0 Å². The van der Waals surface area contributed by atoms with Crippen LogP contribution in [0.1, 0.15) is 28.7 Å². The first kappa shape index (κ1) is 20.2. The number of aliphatic imine (C=N–C) groups is 1. The number of hydrogen-bond donors (Lipinski definition) is 2. The molecule has 0 amide bonds. The van der Waals surface area contributed by atoms with Gasteiger partial charge in [-0.15, -0.1) is 0 Å². The molecule has 0 bridgehead atoms. The van der Waals surface area contributed by atoms with Crippen molar-refractivity contribution in [3.8, 4) is 5.75 Å². The maximum atomic E-state index is 6.13. The van der Waals surface area contributed by atoms with Crippen LogP contribution in [0.5, 0.6) is 5.75 Å². The normalized spacial score (nSPS) is 16.8. The van der Waals surface area contributed by atoms with E-state index in [0.717, 1.165) is 43.5 Å². The van der Waals surface area contributed by atoms with E-state index in [1.807, 2.05) is 0 Å². The van der Waals surface area contributed by atoms with Gasteiger partial charge in [0, 0.05) is 38.2 Å². The van der Waals surface area contributed by atoms with E-state index in [-0.39, 0.29) is 0 Å². The molecule has 28 heavy (non-hydrogen) atoms. The van der Waals surface area contributed by atoms with Gasteiger partial charge in [0.2, 0.25) is 0 Å². The molecule has 5 nitrogen and oxygen atoms in total. The molecule has 1 aliphatic rings. The Morgan fingerprint density at radius 3 is 2.54 bits per heavy atom. The highest BCUT2D eigenvalue weighted by molar-refractivity contribution is 5.79. The predicted octanol–water partition coefficient (Wildman–Crippen LogP) is 3.58. The number of rotatable bonds is 7. The summed E-state index contributed by atoms with van der Waals surface area (Å²) in [7, 11) is 1.79. The predicted molar refractivity (Wildman–Crippen MR) is 114 cm³/mol. The lowest BCUT2D eigenvalue weighted by atomic mass is 10.1. The van der Waals surface area contributed by atoms with E-state index in [0.29, 0.717) is 19.1 Å². The number of guanidine groups is 1. The molecule has 1 atom stereocenters. The van der Waals surface area contributed by atoms with E-state index in [2.05, 4.69) is 71.9 Å². The fourth-order valence-corrected chi connectivity index (χ4v) is 3.16. The molecule has 0 saturated carbocycles. The van der Waals surface area contributed by atoms with Crippen LogP contribution in [0, 0.1) is 19.8 Å². The standard InChI is InChI=1S/C23H31N3O2/c1-17-4-7-19(8-5-17)13-25-23(24-3)26-14-21-9-6-18(2)12-22(21)28-16-20-10-11-27-15-20/h4-9,12,20H,10-11,13-16H2,1-3H3,(H2,24,25,26). The second-order valence-electron chi connectivity index (χ2n) is 7.42. The highest BCUT2D eigenvalue weighted by atomic mass is 16.5. The highest BCUT2D eigenvalue weighted by Crippen LogP contribution is 2.22. The molecule has 2 N–H and O–H groups in total. The van der Waals surface area contributed by atoms with E-state index in [4.69, 9.17) is 9.47 Å². The smallest absolute Gasteiger partial charge is 0.191 e. The first-order valence-electron chi connectivity index (χ1n) is 9.94. The minimum atomic E-state index is 0.491. The number of nitrogens with zero attached hydrogens (tertiary/aromatic N) is 1. The topological polar surface area (TPSA) is 54.9 Å². The van der Waals surface area contributed by atoms with Crippen molar-refractivity contribution >= 4 is 5.96 Å². The third-order valence-electron chi connectivity index (χ3n) is 4.97. The molecular formula is C23H31N3O2. The Labute approximate surface area is 168 Å². The van der Waals surface area contributed by atoms with Crippen molar-refractivity contribution in [2.45, 2.75) is 33.4 Å². The van der Waals surface area contributed by atoms with Gasteiger partial charge in [-0.2, -0.15) is 0 Å². The third-order valence-corrected chi connectivity index (χ3v) is 4.97. The fourth-order valence-electron chi connectivity index (χ4n) is 3.16. The number of nitrogens with one attached hydrogen (secondary N) is 2. The van der Waals surface area contributed by atoms with E-state index in [1.165, 1.54) is 16.7 Å². The number of aryl methyl sites for hydroxylation is 2. The van der Waals surface area contributed by atoms with Gasteiger partial charge in [-0.3, -0.25) is 4.99 Å². The molecule has 150 valence electrons. The maximum Gasteiger partial charge on any atom is 0.191 e. The summed E-state index contributed by atoms with van der Waals surface area (Å²) in [6.07, 6.45) is 1.08. The molecule has 2 aromatic rings. The van der Waals surface area contributed by atoms with Crippen LogP contribution in [0.2, 0.25) is 0 Å². The molecule has 0 aliphatic carbocycles. The number of hydrogen-bond acceptors (Lipinski definition) is 3. The molecule has 1 fully saturated rings. The zero-order chi connectivity index (χ0) is 19.8. The van der Waals surface area contributed by atoms with Gasteiger partial charge in [-0.05, 0) is 37.5 Å². The minimum Gasteiger partial charge on any atom is -0.493 e. The molecule has 2 aromatic carbocycles. The summed E-state index contributed by atoms with van der Waals surface area (Å²) in [5.74, 6) is 2.20. The molecule has 1 aliphatic heterocycles. The second kappa shape index (κ2) is 10.1. The van der Waals surface area contributed by atoms with Gasteiger partial charge in [0.25, 0.3) is 0 Å². The monoisotopic (exact) mass is 381 g/mol. The quantitative estimate of drug-likeness (QED) is 0.569. The first-order valence-corrected chi connectivity index (χ1v) is 9.94. The first-order chi connectivity index (χ1) is 13.6. The van der Waals surface area contributed by atoms with Crippen molar-refractivity contribution in [3.05, 3.63) is 64.7 Å². The summed E-state index contributed by atoms with van der Waals surface area (Å²) in [6.45, 7) is 7.93. The van der Waals surface area contributed by atoms with Gasteiger partial charge in [-0.25, -0.2) is 0 Å². The Hall–Kier alpha value is -2.53. The van der Waals surface area contributed by atoms with Gasteiger partial charge >= 0.3 is 0 Å². The lowest BCUT2D eigenvalue weighted by Gasteiger charge is -2.17. The van der Waals surface area contributed by atoms with Crippen molar-refractivity contribution in [3.63, 3.8) is 0 Å². The molecule has 0 spiro atoms. The molecule has 3 rings (SSSR count). The molecule has 0 radical (unpaired) electrons. The average Bonchev–Trinajstić information content (AvgIpc) is 3.22. The highest BCUT2D eigenvalue weighted by Gasteiger charge is 2.17. The SMILES string of the molecule is CN=C(NCc1ccc(C)cc1)NCc1ccc(C)cc1OCC1CCOC1. The fraction of sp³-hybridized carbons (Fsp3) is 0.435. The molecule has 0 aromatic heterocycles. The van der Waals surface area contributed by atoms with Crippen LogP contribution >= 0.6 is 0 Å². The van der Waals surface area contributed by atoms with Crippen LogP contribution in [-0.4, -0.2) is 32.8 Å². The van der Waals surface area contributed by atoms with Crippen LogP contribution in [0.3, 0.4) is 0 Å². The van der Waals surface area contributed by atoms with Crippen LogP contribution in [0.4, 0.5) is 0 Å². The Morgan fingerprint density at radius 1 is 1.07 bits per heavy atom. The van der Waals surface area contributed by atoms with Crippen molar-refractivity contribution in [1.29, 1.82) is 0 Å². The lowest BCUT2D eigenvalue weighted by molar-refractivity contribution is 0.166. The average molecular weight is 382 g/mol. The Bertz CT molecular complexity index is 781. The minimum absolute atomic E-state index is 0.491. The molecular weight excluding hydrogens is 350 g/mol. The summed E-state index contributed by atoms with van der Waals surface area (Å²) in [4.78, 5) is 4.33. The second-order valence-corrected chi connectivity index (χ2v) is 7.42. The molecule has 5 heteroatoms. The van der Waals surface area contributed by atoms with Crippen LogP contribution in [-0.2, 0) is 17.8 Å². The van der Waals surface area contributed by atoms with Crippen LogP contribution in [0.15, 0.2) is 47.5 Å². The van der Waals surface area contributed by atoms with Gasteiger partial charge in [0.1, 0.15) is 5.75 Å². The largest absolute Gasteiger partial charge is 0.493 e. The third kappa shape index (κ3) is 5.99. The van der Waals surface area contributed by atoms with E-state index >= 15 is 0 Å². The Morgan fingerprint density at radius 2 is 1.82 bits per heavy atom. The summed E-state index contributed by atoms with van der Waals surface area (Å²) >= 11 is 0. The lowest BCUT2D eigenvalue weighted by Crippen LogP contribution is -2.36. The number of ether oxygens (including phenoxy) is 2. The zero-order valence-electron chi connectivity index (χ0n) is 17.1. The summed E-state index contributed by atoms with van der Waals surface area (Å²) < 4.78 is 11.6. The Kier molecular flexibility index (Phi) is 7.31. The van der Waals surface area contributed by atoms with E-state index in [1.54, 1.807) is 7.05 Å². The molecule has 1 unspecified atom stereocenters. The maximum absolute atomic E-state index is 6.13. The zero-order valence-corrected chi connectivity index (χ0v) is 17.1. The van der Waals surface area contributed by atoms with E-state index < -0.39 is 0 Å². The molecule has 1 saturated heterocycles. The van der Waals surface area contributed by atoms with Crippen LogP contribution in [0.25, 0.3) is 0 Å². The van der Waals surface area contributed by atoms with Crippen molar-refractivity contribution in [2.24, 2.45) is 10.9 Å². The van der Waals surface area contributed by atoms with Crippen LogP contribution < -0.4 is 15.4 Å². The van der Waals surface area contributed by atoms with Crippen molar-refractivity contribution in [2.75, 3.05) is 26.9 Å². The summed E-state index contributed by atoms with van der Waals surface area (Å²) in [6, 6.07) is 14.9. The van der Waals surface area contributed by atoms with Crippen molar-refractivity contribution < 1.29 is 9.47 Å². The van der Waals surface area contributed by atoms with Gasteiger partial charge in [-0.1, -0.05) is 42.0 Å². The number of benzene rings is 2. The van der Waals surface area contributed by atoms with Gasteiger partial charge in [0.15, 0.2) is 5.96 Å². The van der Waals surface area contributed by atoms with Crippen molar-refractivity contribution in [1.82, 2.24) is 10.6 Å². The molecule has 1 heterocycles.